The Hall–Kier alpha value is -2.86. The molecule has 0 heterocycles. The summed E-state index contributed by atoms with van der Waals surface area (Å²) < 4.78 is 0. The van der Waals surface area contributed by atoms with Crippen LogP contribution >= 0.6 is 0 Å². The number of aliphatic hydroxyl groups excluding tert-OH is 1. The molecule has 0 saturated heterocycles. The molecule has 6 heteroatoms. The quantitative estimate of drug-likeness (QED) is 0.651. The van der Waals surface area contributed by atoms with Crippen molar-refractivity contribution in [1.82, 2.24) is 5.32 Å². The maximum Gasteiger partial charge on any atom is 0.323 e. The first-order chi connectivity index (χ1) is 13.1. The number of hydrogen-bond acceptors (Lipinski definition) is 3. The molecule has 27 heavy (non-hydrogen) atoms. The van der Waals surface area contributed by atoms with E-state index in [0.717, 1.165) is 25.7 Å². The molecule has 3 amide bonds. The lowest BCUT2D eigenvalue weighted by Gasteiger charge is -2.28. The van der Waals surface area contributed by atoms with Crippen LogP contribution in [0.15, 0.2) is 54.6 Å². The Morgan fingerprint density at radius 3 is 2.04 bits per heavy atom. The van der Waals surface area contributed by atoms with E-state index in [9.17, 15) is 14.7 Å². The number of carbonyl (C=O) groups excluding carboxylic acids is 2. The van der Waals surface area contributed by atoms with Gasteiger partial charge in [-0.3, -0.25) is 4.79 Å². The number of nitrogens with one attached hydrogen (secondary N) is 3. The third kappa shape index (κ3) is 5.56. The molecule has 1 aliphatic rings. The van der Waals surface area contributed by atoms with E-state index < -0.39 is 0 Å². The van der Waals surface area contributed by atoms with E-state index in [1.54, 1.807) is 36.4 Å². The standard InChI is InChI=1S/C21H25N3O3/c25-14-15-6-10-18(11-7-15)22-20(26)16-8-12-19(13-9-16)24-21(27)23-17-4-2-1-3-5-17/h1-5,8-9,12-13,15,18,25H,6-7,10-11,14H2,(H,22,26)(H2,23,24,27). The Morgan fingerprint density at radius 2 is 1.44 bits per heavy atom. The average Bonchev–Trinajstić information content (AvgIpc) is 2.70. The number of para-hydroxylation sites is 1. The van der Waals surface area contributed by atoms with E-state index in [-0.39, 0.29) is 24.6 Å². The molecule has 2 aromatic rings. The first kappa shape index (κ1) is 18.9. The highest BCUT2D eigenvalue weighted by molar-refractivity contribution is 6.00. The maximum atomic E-state index is 12.4. The van der Waals surface area contributed by atoms with Gasteiger partial charge < -0.3 is 21.1 Å². The van der Waals surface area contributed by atoms with Gasteiger partial charge in [0.15, 0.2) is 0 Å². The monoisotopic (exact) mass is 367 g/mol. The Morgan fingerprint density at radius 1 is 0.852 bits per heavy atom. The van der Waals surface area contributed by atoms with E-state index in [2.05, 4.69) is 16.0 Å². The second-order valence-electron chi connectivity index (χ2n) is 6.90. The van der Waals surface area contributed by atoms with Crippen LogP contribution in [0.1, 0.15) is 36.0 Å². The SMILES string of the molecule is O=C(Nc1ccccc1)Nc1ccc(C(=O)NC2CCC(CO)CC2)cc1. The van der Waals surface area contributed by atoms with Crippen LogP contribution in [0.5, 0.6) is 0 Å². The largest absolute Gasteiger partial charge is 0.396 e. The summed E-state index contributed by atoms with van der Waals surface area (Å²) in [7, 11) is 0. The summed E-state index contributed by atoms with van der Waals surface area (Å²) in [6.45, 7) is 0.229. The zero-order chi connectivity index (χ0) is 19.1. The van der Waals surface area contributed by atoms with Crippen LogP contribution < -0.4 is 16.0 Å². The second kappa shape index (κ2) is 9.19. The van der Waals surface area contributed by atoms with E-state index >= 15 is 0 Å². The summed E-state index contributed by atoms with van der Waals surface area (Å²) in [6, 6.07) is 15.8. The minimum atomic E-state index is -0.334. The van der Waals surface area contributed by atoms with Crippen LogP contribution in [-0.4, -0.2) is 29.7 Å². The lowest BCUT2D eigenvalue weighted by molar-refractivity contribution is 0.0914. The molecule has 1 saturated carbocycles. The molecule has 1 aliphatic carbocycles. The van der Waals surface area contributed by atoms with Crippen LogP contribution in [0.4, 0.5) is 16.2 Å². The van der Waals surface area contributed by atoms with Gasteiger partial charge in [-0.25, -0.2) is 4.79 Å². The molecule has 6 nitrogen and oxygen atoms in total. The van der Waals surface area contributed by atoms with Gasteiger partial charge in [-0.2, -0.15) is 0 Å². The summed E-state index contributed by atoms with van der Waals surface area (Å²) in [5, 5.41) is 17.7. The molecule has 0 atom stereocenters. The van der Waals surface area contributed by atoms with Crippen molar-refractivity contribution in [3.63, 3.8) is 0 Å². The smallest absolute Gasteiger partial charge is 0.323 e. The molecule has 1 fully saturated rings. The third-order valence-electron chi connectivity index (χ3n) is 4.88. The number of urea groups is 1. The topological polar surface area (TPSA) is 90.5 Å². The summed E-state index contributed by atoms with van der Waals surface area (Å²) in [6.07, 6.45) is 3.69. The lowest BCUT2D eigenvalue weighted by atomic mass is 9.86. The zero-order valence-corrected chi connectivity index (χ0v) is 15.2. The van der Waals surface area contributed by atoms with Crippen molar-refractivity contribution in [2.24, 2.45) is 5.92 Å². The van der Waals surface area contributed by atoms with Gasteiger partial charge in [-0.15, -0.1) is 0 Å². The first-order valence-corrected chi connectivity index (χ1v) is 9.29. The Kier molecular flexibility index (Phi) is 6.44. The summed E-state index contributed by atoms with van der Waals surface area (Å²) in [4.78, 5) is 24.4. The number of rotatable bonds is 5. The minimum Gasteiger partial charge on any atom is -0.396 e. The summed E-state index contributed by atoms with van der Waals surface area (Å²) >= 11 is 0. The van der Waals surface area contributed by atoms with Crippen molar-refractivity contribution in [2.45, 2.75) is 31.7 Å². The van der Waals surface area contributed by atoms with Gasteiger partial charge in [0.05, 0.1) is 0 Å². The van der Waals surface area contributed by atoms with Crippen molar-refractivity contribution in [3.05, 3.63) is 60.2 Å². The highest BCUT2D eigenvalue weighted by Crippen LogP contribution is 2.24. The average molecular weight is 367 g/mol. The lowest BCUT2D eigenvalue weighted by Crippen LogP contribution is -2.38. The number of carbonyl (C=O) groups is 2. The number of benzene rings is 2. The van der Waals surface area contributed by atoms with Crippen molar-refractivity contribution in [3.8, 4) is 0 Å². The molecule has 0 radical (unpaired) electrons. The van der Waals surface area contributed by atoms with Crippen LogP contribution in [0.3, 0.4) is 0 Å². The molecule has 0 bridgehead atoms. The van der Waals surface area contributed by atoms with Crippen LogP contribution in [0.25, 0.3) is 0 Å². The Labute approximate surface area is 159 Å². The molecular weight excluding hydrogens is 342 g/mol. The molecule has 3 rings (SSSR count). The highest BCUT2D eigenvalue weighted by Gasteiger charge is 2.22. The number of amides is 3. The van der Waals surface area contributed by atoms with Gasteiger partial charge in [0.1, 0.15) is 0 Å². The van der Waals surface area contributed by atoms with Gasteiger partial charge in [-0.05, 0) is 68.0 Å². The predicted octanol–water partition coefficient (Wildman–Crippen LogP) is 3.61. The highest BCUT2D eigenvalue weighted by atomic mass is 16.3. The van der Waals surface area contributed by atoms with Gasteiger partial charge in [0.2, 0.25) is 0 Å². The molecular formula is C21H25N3O3. The van der Waals surface area contributed by atoms with Crippen molar-refractivity contribution in [2.75, 3.05) is 17.2 Å². The van der Waals surface area contributed by atoms with Gasteiger partial charge >= 0.3 is 6.03 Å². The molecule has 142 valence electrons. The second-order valence-corrected chi connectivity index (χ2v) is 6.90. The van der Waals surface area contributed by atoms with Gasteiger partial charge in [0.25, 0.3) is 5.91 Å². The van der Waals surface area contributed by atoms with Crippen LogP contribution in [0, 0.1) is 5.92 Å². The predicted molar refractivity (Wildman–Crippen MR) is 106 cm³/mol. The Balaban J connectivity index is 1.49. The molecule has 2 aromatic carbocycles. The van der Waals surface area contributed by atoms with Crippen molar-refractivity contribution < 1.29 is 14.7 Å². The summed E-state index contributed by atoms with van der Waals surface area (Å²) in [5.41, 5.74) is 1.89. The summed E-state index contributed by atoms with van der Waals surface area (Å²) in [5.74, 6) is 0.258. The third-order valence-corrected chi connectivity index (χ3v) is 4.88. The van der Waals surface area contributed by atoms with Crippen LogP contribution in [-0.2, 0) is 0 Å². The molecule has 4 N–H and O–H groups in total. The van der Waals surface area contributed by atoms with Crippen LogP contribution in [0.2, 0.25) is 0 Å². The van der Waals surface area contributed by atoms with E-state index in [1.807, 2.05) is 18.2 Å². The fraction of sp³-hybridized carbons (Fsp3) is 0.333. The van der Waals surface area contributed by atoms with Crippen molar-refractivity contribution >= 4 is 23.3 Å². The fourth-order valence-electron chi connectivity index (χ4n) is 3.28. The molecule has 0 aromatic heterocycles. The normalized spacial score (nSPS) is 19.1. The number of anilines is 2. The molecule has 0 aliphatic heterocycles. The number of aliphatic hydroxyl groups is 1. The number of hydrogen-bond donors (Lipinski definition) is 4. The zero-order valence-electron chi connectivity index (χ0n) is 15.2. The van der Waals surface area contributed by atoms with E-state index in [4.69, 9.17) is 0 Å². The first-order valence-electron chi connectivity index (χ1n) is 9.29. The van der Waals surface area contributed by atoms with Gasteiger partial charge in [0, 0.05) is 29.6 Å². The van der Waals surface area contributed by atoms with E-state index in [0.29, 0.717) is 22.9 Å². The minimum absolute atomic E-state index is 0.109. The van der Waals surface area contributed by atoms with Crippen molar-refractivity contribution in [1.29, 1.82) is 0 Å². The Bertz CT molecular complexity index is 754. The van der Waals surface area contributed by atoms with Gasteiger partial charge in [-0.1, -0.05) is 18.2 Å². The maximum absolute atomic E-state index is 12.4. The molecule has 0 unspecified atom stereocenters. The van der Waals surface area contributed by atoms with E-state index in [1.165, 1.54) is 0 Å². The fourth-order valence-corrected chi connectivity index (χ4v) is 3.28. The molecule has 0 spiro atoms.